The number of sulfonamides is 1. The van der Waals surface area contributed by atoms with Gasteiger partial charge in [0.2, 0.25) is 0 Å². The molecule has 10 nitrogen and oxygen atoms in total. The van der Waals surface area contributed by atoms with Gasteiger partial charge in [-0.15, -0.1) is 4.40 Å². The quantitative estimate of drug-likeness (QED) is 0.0857. The van der Waals surface area contributed by atoms with Gasteiger partial charge in [-0.1, -0.05) is 78.9 Å². The molecule has 0 saturated carbocycles. The van der Waals surface area contributed by atoms with Crippen LogP contribution in [-0.4, -0.2) is 39.7 Å². The van der Waals surface area contributed by atoms with E-state index in [-0.39, 0.29) is 29.7 Å². The third kappa shape index (κ3) is 8.34. The van der Waals surface area contributed by atoms with Crippen LogP contribution in [0.15, 0.2) is 100 Å². The molecule has 2 amide bonds. The van der Waals surface area contributed by atoms with E-state index >= 15 is 0 Å². The maximum atomic E-state index is 13.3. The molecule has 0 radical (unpaired) electrons. The summed E-state index contributed by atoms with van der Waals surface area (Å²) in [6, 6.07) is 27.1. The van der Waals surface area contributed by atoms with Crippen molar-refractivity contribution in [3.63, 3.8) is 0 Å². The van der Waals surface area contributed by atoms with Crippen LogP contribution < -0.4 is 26.6 Å². The third-order valence-corrected chi connectivity index (χ3v) is 8.94. The first-order valence-corrected chi connectivity index (χ1v) is 15.7. The molecule has 6 N–H and O–H groups in total. The minimum absolute atomic E-state index is 0.0896. The number of benzene rings is 4. The summed E-state index contributed by atoms with van der Waals surface area (Å²) in [5.41, 5.74) is 16.7. The van der Waals surface area contributed by atoms with Gasteiger partial charge in [-0.3, -0.25) is 5.43 Å². The van der Waals surface area contributed by atoms with Gasteiger partial charge in [-0.2, -0.15) is 8.42 Å². The number of hydrogen-bond acceptors (Lipinski definition) is 6. The SMILES string of the molecule is COc1cc(C)c(S(=O)(=O)N=C(N)c2cccc(CC(=N)CNNC(=O)NC(c3ccccc3)c3ccccc3)c2)c(C)c1C. The van der Waals surface area contributed by atoms with E-state index < -0.39 is 16.1 Å². The van der Waals surface area contributed by atoms with E-state index in [1.165, 1.54) is 7.11 Å². The minimum Gasteiger partial charge on any atom is -0.496 e. The Bertz CT molecular complexity index is 1770. The molecule has 4 rings (SSSR count). The topological polar surface area (TPSA) is 159 Å². The highest BCUT2D eigenvalue weighted by Crippen LogP contribution is 2.31. The Morgan fingerprint density at radius 1 is 0.911 bits per heavy atom. The van der Waals surface area contributed by atoms with Crippen molar-refractivity contribution in [3.05, 3.63) is 130 Å². The lowest BCUT2D eigenvalue weighted by Gasteiger charge is -2.20. The summed E-state index contributed by atoms with van der Waals surface area (Å²) in [5.74, 6) is 0.448. The summed E-state index contributed by atoms with van der Waals surface area (Å²) < 4.78 is 35.8. The van der Waals surface area contributed by atoms with Gasteiger partial charge in [0.25, 0.3) is 10.0 Å². The van der Waals surface area contributed by atoms with Crippen molar-refractivity contribution < 1.29 is 17.9 Å². The van der Waals surface area contributed by atoms with Crippen molar-refractivity contribution in [2.75, 3.05) is 13.7 Å². The molecule has 4 aromatic rings. The number of nitrogens with two attached hydrogens (primary N) is 1. The van der Waals surface area contributed by atoms with Gasteiger partial charge >= 0.3 is 6.03 Å². The van der Waals surface area contributed by atoms with E-state index in [2.05, 4.69) is 20.6 Å². The van der Waals surface area contributed by atoms with Crippen molar-refractivity contribution in [3.8, 4) is 5.75 Å². The van der Waals surface area contributed by atoms with Gasteiger partial charge < -0.3 is 21.2 Å². The van der Waals surface area contributed by atoms with Gasteiger partial charge in [0, 0.05) is 17.7 Å². The Hall–Kier alpha value is -5.00. The number of rotatable bonds is 12. The number of hydrogen-bond donors (Lipinski definition) is 5. The fourth-order valence-corrected chi connectivity index (χ4v) is 6.52. The summed E-state index contributed by atoms with van der Waals surface area (Å²) in [6.45, 7) is 5.29. The van der Waals surface area contributed by atoms with Crippen molar-refractivity contribution in [1.29, 1.82) is 5.41 Å². The van der Waals surface area contributed by atoms with Crippen LogP contribution in [0.1, 0.15) is 45.0 Å². The van der Waals surface area contributed by atoms with E-state index in [9.17, 15) is 13.2 Å². The zero-order valence-corrected chi connectivity index (χ0v) is 26.5. The monoisotopic (exact) mass is 626 g/mol. The van der Waals surface area contributed by atoms with Crippen LogP contribution in [0.25, 0.3) is 0 Å². The number of amidine groups is 1. The van der Waals surface area contributed by atoms with Crippen LogP contribution in [0, 0.1) is 26.2 Å². The van der Waals surface area contributed by atoms with Crippen molar-refractivity contribution in [2.24, 2.45) is 10.1 Å². The maximum absolute atomic E-state index is 13.3. The van der Waals surface area contributed by atoms with Gasteiger partial charge in [-0.05, 0) is 66.3 Å². The second-order valence-corrected chi connectivity index (χ2v) is 12.2. The number of ether oxygens (including phenoxy) is 1. The summed E-state index contributed by atoms with van der Waals surface area (Å²) in [7, 11) is -2.57. The van der Waals surface area contributed by atoms with Crippen LogP contribution in [0.3, 0.4) is 0 Å². The number of carbonyl (C=O) groups excluding carboxylic acids is 1. The smallest absolute Gasteiger partial charge is 0.329 e. The highest BCUT2D eigenvalue weighted by molar-refractivity contribution is 7.90. The number of nitrogens with one attached hydrogen (secondary N) is 4. The molecule has 0 fully saturated rings. The summed E-state index contributed by atoms with van der Waals surface area (Å²) in [5, 5.41) is 11.4. The number of nitrogens with zero attached hydrogens (tertiary/aromatic N) is 1. The molecule has 0 atom stereocenters. The Balaban J connectivity index is 1.37. The molecule has 4 aromatic carbocycles. The summed E-state index contributed by atoms with van der Waals surface area (Å²) in [6.07, 6.45) is 0.247. The standard InChI is InChI=1S/C34H38N6O4S/c1-22-18-30(44-4)23(2)24(3)32(22)45(42,43)40-33(36)28-17-11-12-25(19-28)20-29(35)21-37-39-34(41)38-31(26-13-7-5-8-14-26)27-15-9-6-10-16-27/h5-19,31,35,37H,20-21H2,1-4H3,(H2,36,40)(H2,38,39,41). The average Bonchev–Trinajstić information content (AvgIpc) is 3.02. The Morgan fingerprint density at radius 3 is 2.13 bits per heavy atom. The molecular formula is C34H38N6O4S. The van der Waals surface area contributed by atoms with E-state index in [4.69, 9.17) is 15.9 Å². The number of carbonyl (C=O) groups is 1. The predicted octanol–water partition coefficient (Wildman–Crippen LogP) is 4.87. The number of aryl methyl sites for hydroxylation is 1. The van der Waals surface area contributed by atoms with E-state index in [1.54, 1.807) is 45.0 Å². The molecule has 0 aromatic heterocycles. The first kappa shape index (κ1) is 32.9. The molecule has 0 saturated heterocycles. The molecular weight excluding hydrogens is 588 g/mol. The van der Waals surface area contributed by atoms with Crippen LogP contribution >= 0.6 is 0 Å². The zero-order valence-electron chi connectivity index (χ0n) is 25.7. The molecule has 0 aliphatic heterocycles. The molecule has 0 unspecified atom stereocenters. The lowest BCUT2D eigenvalue weighted by molar-refractivity contribution is 0.235. The van der Waals surface area contributed by atoms with Gasteiger partial charge in [-0.25, -0.2) is 10.2 Å². The Morgan fingerprint density at radius 2 is 1.53 bits per heavy atom. The first-order chi connectivity index (χ1) is 21.5. The minimum atomic E-state index is -4.11. The zero-order chi connectivity index (χ0) is 32.6. The van der Waals surface area contributed by atoms with Crippen LogP contribution in [0.5, 0.6) is 5.75 Å². The fourth-order valence-electron chi connectivity index (χ4n) is 5.06. The average molecular weight is 627 g/mol. The molecule has 11 heteroatoms. The van der Waals surface area contributed by atoms with Crippen molar-refractivity contribution >= 4 is 27.6 Å². The fraction of sp³-hybridized carbons (Fsp3) is 0.206. The molecule has 0 spiro atoms. The van der Waals surface area contributed by atoms with Crippen molar-refractivity contribution in [1.82, 2.24) is 16.2 Å². The molecule has 234 valence electrons. The molecule has 0 bridgehead atoms. The highest BCUT2D eigenvalue weighted by Gasteiger charge is 2.23. The largest absolute Gasteiger partial charge is 0.496 e. The number of amides is 2. The lowest BCUT2D eigenvalue weighted by atomic mass is 9.99. The van der Waals surface area contributed by atoms with Crippen LogP contribution in [-0.2, 0) is 16.4 Å². The lowest BCUT2D eigenvalue weighted by Crippen LogP contribution is -2.47. The molecule has 45 heavy (non-hydrogen) atoms. The van der Waals surface area contributed by atoms with Gasteiger partial charge in [0.05, 0.1) is 24.6 Å². The second kappa shape index (κ2) is 14.7. The Labute approximate surface area is 264 Å². The maximum Gasteiger partial charge on any atom is 0.329 e. The number of methoxy groups -OCH3 is 1. The van der Waals surface area contributed by atoms with Crippen molar-refractivity contribution in [2.45, 2.75) is 38.1 Å². The first-order valence-electron chi connectivity index (χ1n) is 14.3. The second-order valence-electron chi connectivity index (χ2n) is 10.6. The molecule has 0 aliphatic carbocycles. The van der Waals surface area contributed by atoms with E-state index in [1.807, 2.05) is 66.7 Å². The van der Waals surface area contributed by atoms with E-state index in [0.29, 0.717) is 33.7 Å². The summed E-state index contributed by atoms with van der Waals surface area (Å²) >= 11 is 0. The number of hydrazine groups is 1. The normalized spacial score (nSPS) is 11.7. The predicted molar refractivity (Wildman–Crippen MR) is 177 cm³/mol. The molecule has 0 aliphatic rings. The summed E-state index contributed by atoms with van der Waals surface area (Å²) in [4.78, 5) is 12.8. The number of urea groups is 1. The van der Waals surface area contributed by atoms with E-state index in [0.717, 1.165) is 16.7 Å². The van der Waals surface area contributed by atoms with Gasteiger partial charge in [0.15, 0.2) is 0 Å². The highest BCUT2D eigenvalue weighted by atomic mass is 32.2. The van der Waals surface area contributed by atoms with Gasteiger partial charge in [0.1, 0.15) is 11.6 Å². The molecule has 0 heterocycles. The Kier molecular flexibility index (Phi) is 10.7. The van der Waals surface area contributed by atoms with Crippen LogP contribution in [0.2, 0.25) is 0 Å². The third-order valence-electron chi connectivity index (χ3n) is 7.36. The van der Waals surface area contributed by atoms with Crippen LogP contribution in [0.4, 0.5) is 4.79 Å².